The standard InChI is InChI=1S/C14H11FO2/c1-9-2-3-12(8-13(9)15)10-4-6-11(7-5-10)14(16)17/h2-8H,1H3,(H,16,17)/p-1. The van der Waals surface area contributed by atoms with Crippen LogP contribution in [0, 0.1) is 12.7 Å². The lowest BCUT2D eigenvalue weighted by Gasteiger charge is -2.06. The topological polar surface area (TPSA) is 40.1 Å². The maximum absolute atomic E-state index is 13.4. The smallest absolute Gasteiger partial charge is 0.126 e. The highest BCUT2D eigenvalue weighted by molar-refractivity contribution is 5.86. The second-order valence-electron chi connectivity index (χ2n) is 3.83. The van der Waals surface area contributed by atoms with Crippen molar-refractivity contribution in [3.63, 3.8) is 0 Å². The van der Waals surface area contributed by atoms with Gasteiger partial charge < -0.3 is 9.90 Å². The van der Waals surface area contributed by atoms with E-state index in [0.29, 0.717) is 5.56 Å². The Balaban J connectivity index is 2.39. The van der Waals surface area contributed by atoms with E-state index < -0.39 is 5.97 Å². The second kappa shape index (κ2) is 4.37. The van der Waals surface area contributed by atoms with Crippen LogP contribution in [0.3, 0.4) is 0 Å². The van der Waals surface area contributed by atoms with Gasteiger partial charge in [-0.3, -0.25) is 0 Å². The van der Waals surface area contributed by atoms with Gasteiger partial charge in [-0.1, -0.05) is 36.4 Å². The first-order valence-electron chi connectivity index (χ1n) is 5.16. The number of benzene rings is 2. The monoisotopic (exact) mass is 229 g/mol. The van der Waals surface area contributed by atoms with Gasteiger partial charge in [0.2, 0.25) is 0 Å². The van der Waals surface area contributed by atoms with E-state index in [4.69, 9.17) is 0 Å². The van der Waals surface area contributed by atoms with E-state index in [1.165, 1.54) is 18.2 Å². The lowest BCUT2D eigenvalue weighted by atomic mass is 10.0. The Bertz CT molecular complexity index is 559. The van der Waals surface area contributed by atoms with Crippen molar-refractivity contribution < 1.29 is 14.3 Å². The number of carboxylic acids is 1. The summed E-state index contributed by atoms with van der Waals surface area (Å²) in [5.41, 5.74) is 2.19. The molecular formula is C14H10FO2-. The van der Waals surface area contributed by atoms with E-state index >= 15 is 0 Å². The molecule has 2 aromatic rings. The molecule has 0 N–H and O–H groups in total. The maximum atomic E-state index is 13.4. The number of hydrogen-bond donors (Lipinski definition) is 0. The second-order valence-corrected chi connectivity index (χ2v) is 3.83. The van der Waals surface area contributed by atoms with E-state index in [-0.39, 0.29) is 11.4 Å². The fourth-order valence-electron chi connectivity index (χ4n) is 1.57. The predicted octanol–water partition coefficient (Wildman–Crippen LogP) is 2.16. The van der Waals surface area contributed by atoms with Gasteiger partial charge in [-0.15, -0.1) is 0 Å². The van der Waals surface area contributed by atoms with Crippen molar-refractivity contribution in [2.24, 2.45) is 0 Å². The van der Waals surface area contributed by atoms with Crippen molar-refractivity contribution in [3.05, 3.63) is 59.4 Å². The molecule has 0 heterocycles. The molecule has 0 aromatic heterocycles. The molecule has 0 unspecified atom stereocenters. The van der Waals surface area contributed by atoms with E-state index in [1.807, 2.05) is 0 Å². The third kappa shape index (κ3) is 2.33. The third-order valence-corrected chi connectivity index (χ3v) is 2.63. The average Bonchev–Trinajstić information content (AvgIpc) is 2.33. The Kier molecular flexibility index (Phi) is 2.91. The van der Waals surface area contributed by atoms with Crippen molar-refractivity contribution in [2.75, 3.05) is 0 Å². The van der Waals surface area contributed by atoms with Crippen molar-refractivity contribution >= 4 is 5.97 Å². The predicted molar refractivity (Wildman–Crippen MR) is 60.9 cm³/mol. The van der Waals surface area contributed by atoms with Crippen LogP contribution < -0.4 is 5.11 Å². The molecule has 0 amide bonds. The first-order chi connectivity index (χ1) is 8.08. The molecular weight excluding hydrogens is 219 g/mol. The summed E-state index contributed by atoms with van der Waals surface area (Å²) in [7, 11) is 0. The molecule has 17 heavy (non-hydrogen) atoms. The highest BCUT2D eigenvalue weighted by Crippen LogP contribution is 2.22. The summed E-state index contributed by atoms with van der Waals surface area (Å²) in [5, 5.41) is 10.6. The van der Waals surface area contributed by atoms with E-state index in [1.54, 1.807) is 31.2 Å². The van der Waals surface area contributed by atoms with Crippen molar-refractivity contribution in [1.82, 2.24) is 0 Å². The van der Waals surface area contributed by atoms with Gasteiger partial charge in [-0.05, 0) is 35.2 Å². The van der Waals surface area contributed by atoms with Crippen molar-refractivity contribution in [2.45, 2.75) is 6.92 Å². The molecule has 2 aromatic carbocycles. The molecule has 2 nitrogen and oxygen atoms in total. The maximum Gasteiger partial charge on any atom is 0.126 e. The van der Waals surface area contributed by atoms with E-state index in [2.05, 4.69) is 0 Å². The number of carboxylic acid groups (broad SMARTS) is 1. The molecule has 2 rings (SSSR count). The number of hydrogen-bond acceptors (Lipinski definition) is 2. The first-order valence-corrected chi connectivity index (χ1v) is 5.16. The van der Waals surface area contributed by atoms with Crippen molar-refractivity contribution in [1.29, 1.82) is 0 Å². The van der Waals surface area contributed by atoms with Crippen LogP contribution in [-0.4, -0.2) is 5.97 Å². The van der Waals surface area contributed by atoms with Crippen LogP contribution in [0.1, 0.15) is 15.9 Å². The quantitative estimate of drug-likeness (QED) is 0.791. The molecule has 0 bridgehead atoms. The van der Waals surface area contributed by atoms with Gasteiger partial charge in [0.1, 0.15) is 5.82 Å². The first kappa shape index (κ1) is 11.3. The Morgan fingerprint density at radius 1 is 1.06 bits per heavy atom. The van der Waals surface area contributed by atoms with Gasteiger partial charge >= 0.3 is 0 Å². The summed E-state index contributed by atoms with van der Waals surface area (Å²) >= 11 is 0. The van der Waals surface area contributed by atoms with Crippen LogP contribution in [0.5, 0.6) is 0 Å². The van der Waals surface area contributed by atoms with Crippen molar-refractivity contribution in [3.8, 4) is 11.1 Å². The lowest BCUT2D eigenvalue weighted by Crippen LogP contribution is -2.21. The molecule has 0 saturated carbocycles. The zero-order valence-electron chi connectivity index (χ0n) is 9.24. The molecule has 0 radical (unpaired) electrons. The Hall–Kier alpha value is -2.16. The van der Waals surface area contributed by atoms with Crippen LogP contribution in [0.25, 0.3) is 11.1 Å². The number of carbonyl (C=O) groups is 1. The van der Waals surface area contributed by atoms with Crippen LogP contribution in [0.2, 0.25) is 0 Å². The molecule has 0 fully saturated rings. The van der Waals surface area contributed by atoms with Crippen LogP contribution in [0.15, 0.2) is 42.5 Å². The van der Waals surface area contributed by atoms with Gasteiger partial charge in [-0.2, -0.15) is 0 Å². The molecule has 0 atom stereocenters. The summed E-state index contributed by atoms with van der Waals surface area (Å²) in [6, 6.07) is 11.1. The minimum atomic E-state index is -1.22. The number of rotatable bonds is 2. The SMILES string of the molecule is Cc1ccc(-c2ccc(C(=O)[O-])cc2)cc1F. The van der Waals surface area contributed by atoms with Gasteiger partial charge in [0, 0.05) is 0 Å². The fourth-order valence-corrected chi connectivity index (χ4v) is 1.57. The minimum absolute atomic E-state index is 0.112. The molecule has 0 spiro atoms. The minimum Gasteiger partial charge on any atom is -0.545 e. The molecule has 86 valence electrons. The summed E-state index contributed by atoms with van der Waals surface area (Å²) in [6.45, 7) is 1.69. The highest BCUT2D eigenvalue weighted by atomic mass is 19.1. The Labute approximate surface area is 98.3 Å². The van der Waals surface area contributed by atoms with E-state index in [9.17, 15) is 14.3 Å². The van der Waals surface area contributed by atoms with Crippen LogP contribution in [-0.2, 0) is 0 Å². The summed E-state index contributed by atoms with van der Waals surface area (Å²) < 4.78 is 13.4. The zero-order valence-corrected chi connectivity index (χ0v) is 9.24. The number of aromatic carboxylic acids is 1. The van der Waals surface area contributed by atoms with Crippen LogP contribution >= 0.6 is 0 Å². The van der Waals surface area contributed by atoms with Gasteiger partial charge in [-0.25, -0.2) is 4.39 Å². The fraction of sp³-hybridized carbons (Fsp3) is 0.0714. The van der Waals surface area contributed by atoms with Gasteiger partial charge in [0.05, 0.1) is 5.97 Å². The van der Waals surface area contributed by atoms with Gasteiger partial charge in [0.15, 0.2) is 0 Å². The lowest BCUT2D eigenvalue weighted by molar-refractivity contribution is -0.255. The largest absolute Gasteiger partial charge is 0.545 e. The van der Waals surface area contributed by atoms with E-state index in [0.717, 1.165) is 11.1 Å². The molecule has 0 aliphatic carbocycles. The Morgan fingerprint density at radius 3 is 2.18 bits per heavy atom. The average molecular weight is 229 g/mol. The summed E-state index contributed by atoms with van der Waals surface area (Å²) in [4.78, 5) is 10.6. The molecule has 0 aliphatic heterocycles. The zero-order chi connectivity index (χ0) is 12.4. The van der Waals surface area contributed by atoms with Crippen LogP contribution in [0.4, 0.5) is 4.39 Å². The molecule has 0 saturated heterocycles. The number of halogens is 1. The summed E-state index contributed by atoms with van der Waals surface area (Å²) in [5.74, 6) is -1.49. The number of aryl methyl sites for hydroxylation is 1. The number of carbonyl (C=O) groups excluding carboxylic acids is 1. The molecule has 3 heteroatoms. The normalized spacial score (nSPS) is 10.2. The third-order valence-electron chi connectivity index (χ3n) is 2.63. The highest BCUT2D eigenvalue weighted by Gasteiger charge is 2.02. The Morgan fingerprint density at radius 2 is 1.65 bits per heavy atom. The molecule has 0 aliphatic rings. The van der Waals surface area contributed by atoms with Gasteiger partial charge in [0.25, 0.3) is 0 Å². The summed E-state index contributed by atoms with van der Waals surface area (Å²) in [6.07, 6.45) is 0.